The highest BCUT2D eigenvalue weighted by atomic mass is 16.6. The lowest BCUT2D eigenvalue weighted by Gasteiger charge is -2.03. The van der Waals surface area contributed by atoms with Crippen LogP contribution >= 0.6 is 0 Å². The Balaban J connectivity index is 0. The predicted octanol–water partition coefficient (Wildman–Crippen LogP) is 2.94. The summed E-state index contributed by atoms with van der Waals surface area (Å²) in [6, 6.07) is 0. The van der Waals surface area contributed by atoms with E-state index in [1.54, 1.807) is 0 Å². The molecule has 0 fully saturated rings. The van der Waals surface area contributed by atoms with Gasteiger partial charge in [0.2, 0.25) is 0 Å². The van der Waals surface area contributed by atoms with E-state index >= 15 is 0 Å². The van der Waals surface area contributed by atoms with Crippen molar-refractivity contribution in [2.24, 2.45) is 0 Å². The molecule has 5 heteroatoms. The van der Waals surface area contributed by atoms with Gasteiger partial charge in [0.05, 0.1) is 19.8 Å². The second-order valence-electron chi connectivity index (χ2n) is 4.63. The lowest BCUT2D eigenvalue weighted by atomic mass is 10.3. The fraction of sp³-hybridized carbons (Fsp3) is 0.938. The molecule has 0 aromatic carbocycles. The lowest BCUT2D eigenvalue weighted by molar-refractivity contribution is -0.145. The van der Waals surface area contributed by atoms with Crippen LogP contribution in [0.5, 0.6) is 0 Å². The third kappa shape index (κ3) is 24.7. The molecular weight excluding hydrogens is 272 g/mol. The van der Waals surface area contributed by atoms with E-state index in [9.17, 15) is 4.79 Å². The maximum atomic E-state index is 10.7. The zero-order valence-corrected chi connectivity index (χ0v) is 14.1. The highest BCUT2D eigenvalue weighted by Gasteiger charge is 1.98. The van der Waals surface area contributed by atoms with Gasteiger partial charge in [-0.05, 0) is 19.3 Å². The fourth-order valence-electron chi connectivity index (χ4n) is 1.25. The van der Waals surface area contributed by atoms with Crippen LogP contribution in [-0.2, 0) is 19.0 Å². The van der Waals surface area contributed by atoms with Crippen LogP contribution in [0.1, 0.15) is 59.3 Å². The van der Waals surface area contributed by atoms with E-state index in [-0.39, 0.29) is 19.2 Å². The zero-order chi connectivity index (χ0) is 16.2. The van der Waals surface area contributed by atoms with Gasteiger partial charge in [-0.15, -0.1) is 0 Å². The van der Waals surface area contributed by atoms with Crippen LogP contribution in [0.4, 0.5) is 0 Å². The maximum absolute atomic E-state index is 10.7. The molecule has 0 aliphatic heterocycles. The molecule has 0 radical (unpaired) electrons. The molecular formula is C16H34O5. The molecule has 128 valence electrons. The number of esters is 1. The Hall–Kier alpha value is -0.650. The summed E-state index contributed by atoms with van der Waals surface area (Å²) < 4.78 is 15.0. The molecule has 0 aromatic rings. The number of carbonyl (C=O) groups is 1. The Morgan fingerprint density at radius 2 is 1.38 bits per heavy atom. The minimum Gasteiger partial charge on any atom is -0.463 e. The van der Waals surface area contributed by atoms with Gasteiger partial charge in [-0.2, -0.15) is 0 Å². The second kappa shape index (κ2) is 21.6. The number of aliphatic hydroxyl groups excluding tert-OH is 1. The van der Waals surface area contributed by atoms with E-state index in [0.717, 1.165) is 19.6 Å². The smallest absolute Gasteiger partial charge is 0.305 e. The Morgan fingerprint density at radius 1 is 0.810 bits per heavy atom. The Labute approximate surface area is 130 Å². The normalized spacial score (nSPS) is 9.90. The second-order valence-corrected chi connectivity index (χ2v) is 4.63. The van der Waals surface area contributed by atoms with Crippen LogP contribution in [0.2, 0.25) is 0 Å². The van der Waals surface area contributed by atoms with E-state index in [4.69, 9.17) is 19.3 Å². The Kier molecular flexibility index (Phi) is 23.3. The molecule has 0 amide bonds. The molecule has 0 spiro atoms. The molecule has 0 saturated carbocycles. The highest BCUT2D eigenvalue weighted by Crippen LogP contribution is 1.91. The van der Waals surface area contributed by atoms with Crippen molar-refractivity contribution in [3.63, 3.8) is 0 Å². The molecule has 0 saturated heterocycles. The molecule has 21 heavy (non-hydrogen) atoms. The SMILES string of the molecule is CCCC(=O)OCCOCCO.CCCCOCCCC. The van der Waals surface area contributed by atoms with Gasteiger partial charge in [-0.25, -0.2) is 0 Å². The summed E-state index contributed by atoms with van der Waals surface area (Å²) >= 11 is 0. The van der Waals surface area contributed by atoms with Crippen LogP contribution in [0.15, 0.2) is 0 Å². The van der Waals surface area contributed by atoms with Gasteiger partial charge in [0.25, 0.3) is 0 Å². The van der Waals surface area contributed by atoms with E-state index in [1.807, 2.05) is 6.92 Å². The molecule has 5 nitrogen and oxygen atoms in total. The van der Waals surface area contributed by atoms with Crippen molar-refractivity contribution in [2.45, 2.75) is 59.3 Å². The van der Waals surface area contributed by atoms with E-state index in [1.165, 1.54) is 25.7 Å². The van der Waals surface area contributed by atoms with Crippen LogP contribution in [0.3, 0.4) is 0 Å². The summed E-state index contributed by atoms with van der Waals surface area (Å²) in [5.74, 6) is -0.190. The summed E-state index contributed by atoms with van der Waals surface area (Å²) in [7, 11) is 0. The topological polar surface area (TPSA) is 65.0 Å². The number of rotatable bonds is 13. The number of hydrogen-bond acceptors (Lipinski definition) is 5. The summed E-state index contributed by atoms with van der Waals surface area (Å²) in [5.41, 5.74) is 0. The number of aliphatic hydroxyl groups is 1. The van der Waals surface area contributed by atoms with Crippen molar-refractivity contribution < 1.29 is 24.1 Å². The van der Waals surface area contributed by atoms with E-state index in [0.29, 0.717) is 19.6 Å². The predicted molar refractivity (Wildman–Crippen MR) is 84.4 cm³/mol. The standard InChI is InChI=1S/C8H16O4.C8H18O/c1-2-3-8(10)12-7-6-11-5-4-9;1-3-5-7-9-8-6-4-2/h9H,2-7H2,1H3;3-8H2,1-2H3. The highest BCUT2D eigenvalue weighted by molar-refractivity contribution is 5.69. The fourth-order valence-corrected chi connectivity index (χ4v) is 1.25. The minimum absolute atomic E-state index is 0.00288. The van der Waals surface area contributed by atoms with Crippen molar-refractivity contribution in [1.82, 2.24) is 0 Å². The number of hydrogen-bond donors (Lipinski definition) is 1. The first-order valence-electron chi connectivity index (χ1n) is 8.14. The lowest BCUT2D eigenvalue weighted by Crippen LogP contribution is -2.11. The molecule has 0 aliphatic carbocycles. The number of ether oxygens (including phenoxy) is 3. The third-order valence-electron chi connectivity index (χ3n) is 2.46. The first-order valence-corrected chi connectivity index (χ1v) is 8.14. The minimum atomic E-state index is -0.190. The number of unbranched alkanes of at least 4 members (excludes halogenated alkanes) is 2. The van der Waals surface area contributed by atoms with Gasteiger partial charge in [-0.1, -0.05) is 33.6 Å². The molecule has 0 bridgehead atoms. The van der Waals surface area contributed by atoms with Gasteiger partial charge in [0.1, 0.15) is 6.61 Å². The average Bonchev–Trinajstić information content (AvgIpc) is 2.48. The Bertz CT molecular complexity index is 191. The van der Waals surface area contributed by atoms with E-state index in [2.05, 4.69) is 13.8 Å². The molecule has 0 aliphatic rings. The van der Waals surface area contributed by atoms with Gasteiger partial charge in [-0.3, -0.25) is 4.79 Å². The summed E-state index contributed by atoms with van der Waals surface area (Å²) in [6.45, 7) is 9.13. The summed E-state index contributed by atoms with van der Waals surface area (Å²) in [6.07, 6.45) is 6.17. The molecule has 0 unspecified atom stereocenters. The summed E-state index contributed by atoms with van der Waals surface area (Å²) in [5, 5.41) is 8.33. The maximum Gasteiger partial charge on any atom is 0.305 e. The van der Waals surface area contributed by atoms with Crippen molar-refractivity contribution in [2.75, 3.05) is 39.6 Å². The van der Waals surface area contributed by atoms with Crippen molar-refractivity contribution in [3.05, 3.63) is 0 Å². The molecule has 0 rings (SSSR count). The average molecular weight is 306 g/mol. The van der Waals surface area contributed by atoms with Crippen molar-refractivity contribution in [1.29, 1.82) is 0 Å². The van der Waals surface area contributed by atoms with Crippen LogP contribution < -0.4 is 0 Å². The van der Waals surface area contributed by atoms with E-state index < -0.39 is 0 Å². The van der Waals surface area contributed by atoms with Crippen molar-refractivity contribution >= 4 is 5.97 Å². The zero-order valence-electron chi connectivity index (χ0n) is 14.1. The summed E-state index contributed by atoms with van der Waals surface area (Å²) in [4.78, 5) is 10.7. The monoisotopic (exact) mass is 306 g/mol. The first-order chi connectivity index (χ1) is 10.2. The quantitative estimate of drug-likeness (QED) is 0.418. The molecule has 0 atom stereocenters. The van der Waals surface area contributed by atoms with Gasteiger partial charge >= 0.3 is 5.97 Å². The largest absolute Gasteiger partial charge is 0.463 e. The third-order valence-corrected chi connectivity index (χ3v) is 2.46. The molecule has 0 aromatic heterocycles. The van der Waals surface area contributed by atoms with Gasteiger partial charge < -0.3 is 19.3 Å². The van der Waals surface area contributed by atoms with Gasteiger partial charge in [0.15, 0.2) is 0 Å². The van der Waals surface area contributed by atoms with Gasteiger partial charge in [0, 0.05) is 19.6 Å². The van der Waals surface area contributed by atoms with Crippen LogP contribution in [-0.4, -0.2) is 50.7 Å². The molecule has 1 N–H and O–H groups in total. The first kappa shape index (κ1) is 22.6. The molecule has 0 heterocycles. The number of carbonyl (C=O) groups excluding carboxylic acids is 1. The van der Waals surface area contributed by atoms with Crippen molar-refractivity contribution in [3.8, 4) is 0 Å². The van der Waals surface area contributed by atoms with Crippen LogP contribution in [0, 0.1) is 0 Å². The van der Waals surface area contributed by atoms with Crippen LogP contribution in [0.25, 0.3) is 0 Å². The Morgan fingerprint density at radius 3 is 1.86 bits per heavy atom.